The first kappa shape index (κ1) is 18.2. The maximum absolute atomic E-state index is 12.5. The van der Waals surface area contributed by atoms with E-state index in [4.69, 9.17) is 0 Å². The first-order chi connectivity index (χ1) is 9.20. The van der Waals surface area contributed by atoms with Crippen molar-refractivity contribution < 1.29 is 4.79 Å². The van der Waals surface area contributed by atoms with Gasteiger partial charge in [0.1, 0.15) is 0 Å². The number of likely N-dealkylation sites (tertiary alicyclic amines) is 1. The molecule has 0 saturated carbocycles. The van der Waals surface area contributed by atoms with Crippen LogP contribution < -0.4 is 5.32 Å². The van der Waals surface area contributed by atoms with Gasteiger partial charge in [0, 0.05) is 32.0 Å². The normalized spacial score (nSPS) is 19.8. The van der Waals surface area contributed by atoms with Gasteiger partial charge in [-0.2, -0.15) is 0 Å². The predicted molar refractivity (Wildman–Crippen MR) is 88.5 cm³/mol. The molecule has 3 rings (SSSR count). The molecule has 21 heavy (non-hydrogen) atoms. The fourth-order valence-corrected chi connectivity index (χ4v) is 3.26. The number of halogens is 2. The maximum atomic E-state index is 12.5. The summed E-state index contributed by atoms with van der Waals surface area (Å²) in [7, 11) is 0. The number of pyridine rings is 1. The first-order valence-electron chi connectivity index (χ1n) is 7.11. The molecule has 6 heteroatoms. The Kier molecular flexibility index (Phi) is 6.44. The summed E-state index contributed by atoms with van der Waals surface area (Å²) in [6.45, 7) is 6.00. The number of carbonyl (C=O) groups is 1. The summed E-state index contributed by atoms with van der Waals surface area (Å²) in [5.41, 5.74) is 2.23. The number of aromatic nitrogens is 1. The Morgan fingerprint density at radius 3 is 2.57 bits per heavy atom. The van der Waals surface area contributed by atoms with Gasteiger partial charge >= 0.3 is 0 Å². The van der Waals surface area contributed by atoms with Gasteiger partial charge in [-0.25, -0.2) is 0 Å². The van der Waals surface area contributed by atoms with Crippen LogP contribution in [0.15, 0.2) is 18.5 Å². The van der Waals surface area contributed by atoms with Gasteiger partial charge in [0.15, 0.2) is 0 Å². The van der Waals surface area contributed by atoms with Crippen LogP contribution in [0.1, 0.15) is 35.2 Å². The van der Waals surface area contributed by atoms with Gasteiger partial charge in [0.25, 0.3) is 5.91 Å². The van der Waals surface area contributed by atoms with Crippen molar-refractivity contribution in [2.75, 3.05) is 26.2 Å². The van der Waals surface area contributed by atoms with E-state index in [1.54, 1.807) is 12.4 Å². The lowest BCUT2D eigenvalue weighted by Gasteiger charge is -2.39. The van der Waals surface area contributed by atoms with Crippen molar-refractivity contribution >= 4 is 30.7 Å². The molecule has 1 spiro atoms. The van der Waals surface area contributed by atoms with Crippen LogP contribution >= 0.6 is 24.8 Å². The second kappa shape index (κ2) is 7.43. The third-order valence-corrected chi connectivity index (χ3v) is 4.71. The van der Waals surface area contributed by atoms with Crippen molar-refractivity contribution in [3.8, 4) is 0 Å². The average molecular weight is 332 g/mol. The Bertz CT molecular complexity index is 480. The van der Waals surface area contributed by atoms with Gasteiger partial charge in [-0.05, 0) is 49.8 Å². The molecular formula is C15H23Cl2N3O. The number of nitrogens with one attached hydrogen (secondary N) is 1. The van der Waals surface area contributed by atoms with Crippen LogP contribution in [-0.2, 0) is 0 Å². The molecule has 2 saturated heterocycles. The highest BCUT2D eigenvalue weighted by atomic mass is 35.5. The van der Waals surface area contributed by atoms with E-state index in [2.05, 4.69) is 10.3 Å². The van der Waals surface area contributed by atoms with Crippen LogP contribution in [0.25, 0.3) is 0 Å². The summed E-state index contributed by atoms with van der Waals surface area (Å²) >= 11 is 0. The Balaban J connectivity index is 0.00000110. The SMILES string of the molecule is Cc1ccncc1C(=O)N1CCC2(CCNC2)CC1.Cl.Cl. The molecule has 4 nitrogen and oxygen atoms in total. The van der Waals surface area contributed by atoms with Gasteiger partial charge in [-0.15, -0.1) is 24.8 Å². The van der Waals surface area contributed by atoms with E-state index >= 15 is 0 Å². The minimum absolute atomic E-state index is 0. The molecule has 0 atom stereocenters. The molecule has 1 N–H and O–H groups in total. The van der Waals surface area contributed by atoms with Crippen LogP contribution in [0.5, 0.6) is 0 Å². The van der Waals surface area contributed by atoms with Gasteiger partial charge in [-0.3, -0.25) is 9.78 Å². The summed E-state index contributed by atoms with van der Waals surface area (Å²) < 4.78 is 0. The number of hydrogen-bond acceptors (Lipinski definition) is 3. The molecule has 0 radical (unpaired) electrons. The Hall–Kier alpha value is -0.840. The van der Waals surface area contributed by atoms with Crippen LogP contribution in [0.2, 0.25) is 0 Å². The summed E-state index contributed by atoms with van der Waals surface area (Å²) in [6, 6.07) is 1.90. The van der Waals surface area contributed by atoms with Gasteiger partial charge in [0.05, 0.1) is 5.56 Å². The number of carbonyl (C=O) groups excluding carboxylic acids is 1. The van der Waals surface area contributed by atoms with Crippen LogP contribution in [0.3, 0.4) is 0 Å². The Morgan fingerprint density at radius 2 is 2.00 bits per heavy atom. The monoisotopic (exact) mass is 331 g/mol. The number of rotatable bonds is 1. The molecule has 2 aliphatic heterocycles. The number of amides is 1. The lowest BCUT2D eigenvalue weighted by Crippen LogP contribution is -2.44. The summed E-state index contributed by atoms with van der Waals surface area (Å²) in [5.74, 6) is 0.145. The quantitative estimate of drug-likeness (QED) is 0.859. The molecule has 1 amide bonds. The van der Waals surface area contributed by atoms with Crippen LogP contribution in [-0.4, -0.2) is 42.0 Å². The zero-order valence-electron chi connectivity index (χ0n) is 12.3. The molecule has 3 heterocycles. The number of aryl methyl sites for hydroxylation is 1. The van der Waals surface area contributed by atoms with Crippen molar-refractivity contribution in [1.82, 2.24) is 15.2 Å². The highest BCUT2D eigenvalue weighted by Crippen LogP contribution is 2.37. The second-order valence-electron chi connectivity index (χ2n) is 5.91. The Labute approximate surface area is 138 Å². The van der Waals surface area contributed by atoms with Crippen molar-refractivity contribution in [2.45, 2.75) is 26.2 Å². The van der Waals surface area contributed by atoms with Gasteiger partial charge in [0.2, 0.25) is 0 Å². The van der Waals surface area contributed by atoms with E-state index in [0.29, 0.717) is 5.41 Å². The van der Waals surface area contributed by atoms with Crippen molar-refractivity contribution in [1.29, 1.82) is 0 Å². The molecular weight excluding hydrogens is 309 g/mol. The van der Waals surface area contributed by atoms with E-state index < -0.39 is 0 Å². The molecule has 0 unspecified atom stereocenters. The lowest BCUT2D eigenvalue weighted by molar-refractivity contribution is 0.0606. The predicted octanol–water partition coefficient (Wildman–Crippen LogP) is 2.45. The molecule has 1 aromatic rings. The van der Waals surface area contributed by atoms with Crippen molar-refractivity contribution in [3.63, 3.8) is 0 Å². The molecule has 0 aromatic carbocycles. The zero-order valence-corrected chi connectivity index (χ0v) is 13.9. The summed E-state index contributed by atoms with van der Waals surface area (Å²) in [5, 5.41) is 3.45. The molecule has 0 bridgehead atoms. The maximum Gasteiger partial charge on any atom is 0.255 e. The fourth-order valence-electron chi connectivity index (χ4n) is 3.26. The van der Waals surface area contributed by atoms with E-state index in [1.807, 2.05) is 17.9 Å². The number of piperidine rings is 1. The van der Waals surface area contributed by atoms with Gasteiger partial charge in [-0.1, -0.05) is 0 Å². The lowest BCUT2D eigenvalue weighted by atomic mass is 9.78. The minimum atomic E-state index is 0. The van der Waals surface area contributed by atoms with Crippen molar-refractivity contribution in [3.05, 3.63) is 29.6 Å². The van der Waals surface area contributed by atoms with Gasteiger partial charge < -0.3 is 10.2 Å². The highest BCUT2D eigenvalue weighted by molar-refractivity contribution is 5.95. The highest BCUT2D eigenvalue weighted by Gasteiger charge is 2.38. The van der Waals surface area contributed by atoms with E-state index in [9.17, 15) is 4.79 Å². The zero-order chi connectivity index (χ0) is 13.3. The third-order valence-electron chi connectivity index (χ3n) is 4.71. The molecule has 0 aliphatic carbocycles. The van der Waals surface area contributed by atoms with Crippen molar-refractivity contribution in [2.24, 2.45) is 5.41 Å². The van der Waals surface area contributed by atoms with E-state index in [1.165, 1.54) is 6.42 Å². The second-order valence-corrected chi connectivity index (χ2v) is 5.91. The number of nitrogens with zero attached hydrogens (tertiary/aromatic N) is 2. The summed E-state index contributed by atoms with van der Waals surface area (Å²) in [6.07, 6.45) is 6.96. The topological polar surface area (TPSA) is 45.2 Å². The smallest absolute Gasteiger partial charge is 0.255 e. The standard InChI is InChI=1S/C15H21N3O.2ClH/c1-12-2-6-16-10-13(12)14(19)18-8-4-15(5-9-18)3-7-17-11-15;;/h2,6,10,17H,3-5,7-9,11H2,1H3;2*1H. The first-order valence-corrected chi connectivity index (χ1v) is 7.11. The Morgan fingerprint density at radius 1 is 1.29 bits per heavy atom. The average Bonchev–Trinajstić information content (AvgIpc) is 2.88. The largest absolute Gasteiger partial charge is 0.339 e. The molecule has 2 fully saturated rings. The van der Waals surface area contributed by atoms with E-state index in [0.717, 1.165) is 50.1 Å². The molecule has 1 aromatic heterocycles. The molecule has 2 aliphatic rings. The van der Waals surface area contributed by atoms with Crippen LogP contribution in [0, 0.1) is 12.3 Å². The minimum Gasteiger partial charge on any atom is -0.339 e. The summed E-state index contributed by atoms with van der Waals surface area (Å²) in [4.78, 5) is 18.6. The fraction of sp³-hybridized carbons (Fsp3) is 0.600. The van der Waals surface area contributed by atoms with E-state index in [-0.39, 0.29) is 30.7 Å². The van der Waals surface area contributed by atoms with Crippen LogP contribution in [0.4, 0.5) is 0 Å². The number of hydrogen-bond donors (Lipinski definition) is 1. The molecule has 118 valence electrons. The third kappa shape index (κ3) is 3.68.